The van der Waals surface area contributed by atoms with E-state index in [0.717, 1.165) is 19.0 Å². The zero-order valence-corrected chi connectivity index (χ0v) is 10.3. The Hall–Kier alpha value is -0.570. The molecule has 0 amide bonds. The van der Waals surface area contributed by atoms with Gasteiger partial charge in [0.25, 0.3) is 0 Å². The first kappa shape index (κ1) is 12.5. The second-order valence-electron chi connectivity index (χ2n) is 4.93. The first-order chi connectivity index (χ1) is 7.06. The van der Waals surface area contributed by atoms with Crippen LogP contribution in [-0.2, 0) is 9.53 Å². The maximum absolute atomic E-state index is 11.7. The maximum atomic E-state index is 11.7. The van der Waals surface area contributed by atoms with E-state index in [0.29, 0.717) is 5.92 Å². The summed E-state index contributed by atoms with van der Waals surface area (Å²) in [5, 5.41) is 0. The Balaban J connectivity index is 2.60. The first-order valence-corrected chi connectivity index (χ1v) is 5.88. The van der Waals surface area contributed by atoms with Gasteiger partial charge in [-0.15, -0.1) is 0 Å². The molecule has 0 aromatic rings. The van der Waals surface area contributed by atoms with Crippen molar-refractivity contribution in [2.45, 2.75) is 39.7 Å². The van der Waals surface area contributed by atoms with E-state index in [4.69, 9.17) is 4.74 Å². The molecule has 0 N–H and O–H groups in total. The number of nitrogens with zero attached hydrogens (tertiary/aromatic N) is 1. The monoisotopic (exact) mass is 213 g/mol. The fourth-order valence-electron chi connectivity index (χ4n) is 2.27. The van der Waals surface area contributed by atoms with E-state index in [-0.39, 0.29) is 12.0 Å². The van der Waals surface area contributed by atoms with Gasteiger partial charge in [-0.05, 0) is 37.8 Å². The number of rotatable bonds is 3. The van der Waals surface area contributed by atoms with E-state index in [9.17, 15) is 4.79 Å². The van der Waals surface area contributed by atoms with Crippen molar-refractivity contribution in [2.24, 2.45) is 11.8 Å². The summed E-state index contributed by atoms with van der Waals surface area (Å²) < 4.78 is 4.87. The zero-order chi connectivity index (χ0) is 11.4. The average Bonchev–Trinajstić information content (AvgIpc) is 2.20. The largest absolute Gasteiger partial charge is 0.468 e. The van der Waals surface area contributed by atoms with Crippen LogP contribution in [0.1, 0.15) is 33.6 Å². The lowest BCUT2D eigenvalue weighted by Crippen LogP contribution is -2.48. The molecule has 1 atom stereocenters. The van der Waals surface area contributed by atoms with Gasteiger partial charge in [0.1, 0.15) is 6.04 Å². The molecule has 1 fully saturated rings. The van der Waals surface area contributed by atoms with E-state index >= 15 is 0 Å². The average molecular weight is 213 g/mol. The van der Waals surface area contributed by atoms with Gasteiger partial charge in [-0.1, -0.05) is 20.8 Å². The van der Waals surface area contributed by atoms with Crippen molar-refractivity contribution >= 4 is 5.97 Å². The number of methoxy groups -OCH3 is 1. The normalized spacial score (nSPS) is 21.7. The number of piperidine rings is 1. The summed E-state index contributed by atoms with van der Waals surface area (Å²) in [5.41, 5.74) is 0. The fraction of sp³-hybridized carbons (Fsp3) is 0.917. The van der Waals surface area contributed by atoms with Crippen molar-refractivity contribution in [3.05, 3.63) is 0 Å². The van der Waals surface area contributed by atoms with Crippen LogP contribution in [0.3, 0.4) is 0 Å². The smallest absolute Gasteiger partial charge is 0.323 e. The second-order valence-corrected chi connectivity index (χ2v) is 4.93. The number of likely N-dealkylation sites (tertiary alicyclic amines) is 1. The zero-order valence-electron chi connectivity index (χ0n) is 10.3. The van der Waals surface area contributed by atoms with Crippen LogP contribution in [0, 0.1) is 11.8 Å². The lowest BCUT2D eigenvalue weighted by molar-refractivity contribution is -0.149. The third-order valence-corrected chi connectivity index (χ3v) is 3.29. The molecular formula is C12H23NO2. The number of carbonyl (C=O) groups is 1. The van der Waals surface area contributed by atoms with Crippen molar-refractivity contribution in [3.63, 3.8) is 0 Å². The van der Waals surface area contributed by atoms with Crippen LogP contribution in [0.2, 0.25) is 0 Å². The van der Waals surface area contributed by atoms with Crippen LogP contribution in [0.15, 0.2) is 0 Å². The van der Waals surface area contributed by atoms with Gasteiger partial charge < -0.3 is 4.74 Å². The van der Waals surface area contributed by atoms with Crippen molar-refractivity contribution in [3.8, 4) is 0 Å². The Bertz CT molecular complexity index is 208. The molecule has 3 nitrogen and oxygen atoms in total. The van der Waals surface area contributed by atoms with Crippen molar-refractivity contribution < 1.29 is 9.53 Å². The van der Waals surface area contributed by atoms with Gasteiger partial charge in [-0.25, -0.2) is 0 Å². The van der Waals surface area contributed by atoms with Gasteiger partial charge >= 0.3 is 5.97 Å². The number of esters is 1. The Morgan fingerprint density at radius 2 is 1.87 bits per heavy atom. The van der Waals surface area contributed by atoms with E-state index in [1.165, 1.54) is 20.0 Å². The van der Waals surface area contributed by atoms with E-state index in [1.807, 2.05) is 0 Å². The molecule has 88 valence electrons. The summed E-state index contributed by atoms with van der Waals surface area (Å²) in [6, 6.07) is -0.0532. The quantitative estimate of drug-likeness (QED) is 0.671. The Morgan fingerprint density at radius 3 is 2.27 bits per heavy atom. The Morgan fingerprint density at radius 1 is 1.33 bits per heavy atom. The first-order valence-electron chi connectivity index (χ1n) is 5.88. The molecule has 0 saturated carbocycles. The molecule has 0 aromatic heterocycles. The number of ether oxygens (including phenoxy) is 1. The van der Waals surface area contributed by atoms with Crippen molar-refractivity contribution in [2.75, 3.05) is 20.2 Å². The van der Waals surface area contributed by atoms with Crippen LogP contribution < -0.4 is 0 Å². The molecule has 0 bridgehead atoms. The SMILES string of the molecule is COC(=O)[C@H](C(C)C)N1CCC(C)CC1. The predicted octanol–water partition coefficient (Wildman–Crippen LogP) is 1.92. The summed E-state index contributed by atoms with van der Waals surface area (Å²) in [4.78, 5) is 13.9. The van der Waals surface area contributed by atoms with Crippen LogP contribution in [0.4, 0.5) is 0 Å². The molecular weight excluding hydrogens is 190 g/mol. The highest BCUT2D eigenvalue weighted by atomic mass is 16.5. The summed E-state index contributed by atoms with van der Waals surface area (Å²) in [7, 11) is 1.48. The molecule has 1 heterocycles. The molecule has 1 aliphatic heterocycles. The van der Waals surface area contributed by atoms with Gasteiger partial charge in [-0.2, -0.15) is 0 Å². The van der Waals surface area contributed by atoms with E-state index in [1.54, 1.807) is 0 Å². The Kier molecular flexibility index (Phi) is 4.58. The third kappa shape index (κ3) is 3.20. The summed E-state index contributed by atoms with van der Waals surface area (Å²) in [5.74, 6) is 1.04. The van der Waals surface area contributed by atoms with Crippen LogP contribution in [0.5, 0.6) is 0 Å². The van der Waals surface area contributed by atoms with Gasteiger partial charge in [0.2, 0.25) is 0 Å². The summed E-state index contributed by atoms with van der Waals surface area (Å²) >= 11 is 0. The van der Waals surface area contributed by atoms with Crippen molar-refractivity contribution in [1.82, 2.24) is 4.90 Å². The van der Waals surface area contributed by atoms with Gasteiger partial charge in [0.05, 0.1) is 7.11 Å². The van der Waals surface area contributed by atoms with Gasteiger partial charge in [0, 0.05) is 0 Å². The van der Waals surface area contributed by atoms with Crippen molar-refractivity contribution in [1.29, 1.82) is 0 Å². The molecule has 15 heavy (non-hydrogen) atoms. The summed E-state index contributed by atoms with van der Waals surface area (Å²) in [6.45, 7) is 8.50. The molecule has 1 saturated heterocycles. The molecule has 0 aromatic carbocycles. The van der Waals surface area contributed by atoms with Crippen LogP contribution in [0.25, 0.3) is 0 Å². The molecule has 0 spiro atoms. The minimum absolute atomic E-state index is 0.0532. The molecule has 3 heteroatoms. The predicted molar refractivity (Wildman–Crippen MR) is 60.6 cm³/mol. The number of hydrogen-bond donors (Lipinski definition) is 0. The fourth-order valence-corrected chi connectivity index (χ4v) is 2.27. The molecule has 0 unspecified atom stereocenters. The highest BCUT2D eigenvalue weighted by Crippen LogP contribution is 2.21. The second kappa shape index (κ2) is 5.50. The summed E-state index contributed by atoms with van der Waals surface area (Å²) in [6.07, 6.45) is 2.39. The van der Waals surface area contributed by atoms with Crippen LogP contribution in [-0.4, -0.2) is 37.1 Å². The number of carbonyl (C=O) groups excluding carboxylic acids is 1. The highest BCUT2D eigenvalue weighted by Gasteiger charge is 2.31. The Labute approximate surface area is 92.8 Å². The maximum Gasteiger partial charge on any atom is 0.323 e. The van der Waals surface area contributed by atoms with E-state index in [2.05, 4.69) is 25.7 Å². The van der Waals surface area contributed by atoms with Crippen LogP contribution >= 0.6 is 0 Å². The molecule has 0 radical (unpaired) electrons. The van der Waals surface area contributed by atoms with E-state index < -0.39 is 0 Å². The lowest BCUT2D eigenvalue weighted by Gasteiger charge is -2.36. The third-order valence-electron chi connectivity index (χ3n) is 3.29. The van der Waals surface area contributed by atoms with Gasteiger partial charge in [-0.3, -0.25) is 9.69 Å². The lowest BCUT2D eigenvalue weighted by atomic mass is 9.94. The topological polar surface area (TPSA) is 29.5 Å². The highest BCUT2D eigenvalue weighted by molar-refractivity contribution is 5.75. The molecule has 1 aliphatic rings. The molecule has 1 rings (SSSR count). The standard InChI is InChI=1S/C12H23NO2/c1-9(2)11(12(14)15-4)13-7-5-10(3)6-8-13/h9-11H,5-8H2,1-4H3/t11-/m0/s1. The van der Waals surface area contributed by atoms with Gasteiger partial charge in [0.15, 0.2) is 0 Å². The minimum Gasteiger partial charge on any atom is -0.468 e. The molecule has 0 aliphatic carbocycles. The number of hydrogen-bond acceptors (Lipinski definition) is 3. The minimum atomic E-state index is -0.0837.